The SMILES string of the molecule is NC(=O)c1csc(-c2ccc(-c3ccc(C(F)(F)F)c(O)c3)nn2)n1. The summed E-state index contributed by atoms with van der Waals surface area (Å²) in [5.41, 5.74) is 5.06. The minimum atomic E-state index is -4.64. The van der Waals surface area contributed by atoms with Crippen LogP contribution in [0.5, 0.6) is 5.75 Å². The first-order chi connectivity index (χ1) is 11.8. The van der Waals surface area contributed by atoms with Crippen LogP contribution < -0.4 is 5.73 Å². The summed E-state index contributed by atoms with van der Waals surface area (Å²) < 4.78 is 38.0. The van der Waals surface area contributed by atoms with Crippen molar-refractivity contribution in [3.05, 3.63) is 47.0 Å². The van der Waals surface area contributed by atoms with E-state index in [1.807, 2.05) is 0 Å². The molecule has 0 aliphatic rings. The van der Waals surface area contributed by atoms with Crippen molar-refractivity contribution in [1.29, 1.82) is 0 Å². The third-order valence-corrected chi connectivity index (χ3v) is 4.10. The van der Waals surface area contributed by atoms with Crippen molar-refractivity contribution in [3.63, 3.8) is 0 Å². The van der Waals surface area contributed by atoms with E-state index in [1.54, 1.807) is 6.07 Å². The zero-order valence-corrected chi connectivity index (χ0v) is 13.1. The first-order valence-corrected chi connectivity index (χ1v) is 7.63. The lowest BCUT2D eigenvalue weighted by Crippen LogP contribution is -2.11. The number of carbonyl (C=O) groups excluding carboxylic acids is 1. The fraction of sp³-hybridized carbons (Fsp3) is 0.0667. The number of carbonyl (C=O) groups is 1. The normalized spacial score (nSPS) is 11.5. The zero-order valence-electron chi connectivity index (χ0n) is 12.3. The minimum Gasteiger partial charge on any atom is -0.507 e. The van der Waals surface area contributed by atoms with E-state index in [0.717, 1.165) is 23.5 Å². The lowest BCUT2D eigenvalue weighted by atomic mass is 10.1. The van der Waals surface area contributed by atoms with Crippen molar-refractivity contribution < 1.29 is 23.1 Å². The van der Waals surface area contributed by atoms with Gasteiger partial charge in [-0.15, -0.1) is 21.5 Å². The standard InChI is InChI=1S/C15H9F3N4O2S/c16-15(17,18)8-2-1-7(5-12(8)23)9-3-4-10(22-21-9)14-20-11(6-25-14)13(19)24/h1-6,23H,(H2,19,24). The molecule has 3 aromatic rings. The van der Waals surface area contributed by atoms with Gasteiger partial charge in [0, 0.05) is 10.9 Å². The molecule has 0 bridgehead atoms. The monoisotopic (exact) mass is 366 g/mol. The predicted octanol–water partition coefficient (Wildman–Crippen LogP) is 3.09. The molecule has 0 aliphatic heterocycles. The molecule has 2 aromatic heterocycles. The van der Waals surface area contributed by atoms with Crippen molar-refractivity contribution in [2.45, 2.75) is 6.18 Å². The van der Waals surface area contributed by atoms with Gasteiger partial charge in [-0.2, -0.15) is 13.2 Å². The highest BCUT2D eigenvalue weighted by atomic mass is 32.1. The Morgan fingerprint density at radius 2 is 1.80 bits per heavy atom. The topological polar surface area (TPSA) is 102 Å². The van der Waals surface area contributed by atoms with Gasteiger partial charge in [0.2, 0.25) is 0 Å². The summed E-state index contributed by atoms with van der Waals surface area (Å²) >= 11 is 1.16. The van der Waals surface area contributed by atoms with Crippen LogP contribution in [0.25, 0.3) is 22.0 Å². The number of phenols is 1. The van der Waals surface area contributed by atoms with Crippen LogP contribution in [0.3, 0.4) is 0 Å². The van der Waals surface area contributed by atoms with E-state index in [2.05, 4.69) is 15.2 Å². The number of hydrogen-bond acceptors (Lipinski definition) is 6. The predicted molar refractivity (Wildman–Crippen MR) is 83.8 cm³/mol. The van der Waals surface area contributed by atoms with Crippen LogP contribution in [0.15, 0.2) is 35.7 Å². The molecule has 1 aromatic carbocycles. The van der Waals surface area contributed by atoms with Crippen LogP contribution in [-0.4, -0.2) is 26.2 Å². The Hall–Kier alpha value is -3.01. The number of rotatable bonds is 3. The molecule has 0 saturated carbocycles. The van der Waals surface area contributed by atoms with Crippen LogP contribution in [-0.2, 0) is 6.18 Å². The number of alkyl halides is 3. The Labute approximate surface area is 142 Å². The van der Waals surface area contributed by atoms with Crippen molar-refractivity contribution >= 4 is 17.2 Å². The van der Waals surface area contributed by atoms with Gasteiger partial charge in [0.15, 0.2) is 0 Å². The maximum absolute atomic E-state index is 12.7. The molecule has 0 unspecified atom stereocenters. The van der Waals surface area contributed by atoms with Crippen LogP contribution in [0.4, 0.5) is 13.2 Å². The number of primary amides is 1. The van der Waals surface area contributed by atoms with Crippen LogP contribution in [0, 0.1) is 0 Å². The molecule has 0 radical (unpaired) electrons. The summed E-state index contributed by atoms with van der Waals surface area (Å²) in [6, 6.07) is 6.03. The quantitative estimate of drug-likeness (QED) is 0.742. The summed E-state index contributed by atoms with van der Waals surface area (Å²) in [4.78, 5) is 15.1. The fourth-order valence-electron chi connectivity index (χ4n) is 2.04. The molecule has 0 atom stereocenters. The smallest absolute Gasteiger partial charge is 0.419 e. The Morgan fingerprint density at radius 1 is 1.12 bits per heavy atom. The highest BCUT2D eigenvalue weighted by Gasteiger charge is 2.33. The summed E-state index contributed by atoms with van der Waals surface area (Å²) in [7, 11) is 0. The van der Waals surface area contributed by atoms with E-state index in [-0.39, 0.29) is 17.0 Å². The average Bonchev–Trinajstić information content (AvgIpc) is 3.04. The molecule has 3 N–H and O–H groups in total. The molecule has 25 heavy (non-hydrogen) atoms. The second-order valence-electron chi connectivity index (χ2n) is 4.94. The zero-order chi connectivity index (χ0) is 18.2. The highest BCUT2D eigenvalue weighted by Crippen LogP contribution is 2.37. The van der Waals surface area contributed by atoms with Gasteiger partial charge >= 0.3 is 6.18 Å². The van der Waals surface area contributed by atoms with Crippen molar-refractivity contribution in [2.24, 2.45) is 5.73 Å². The Bertz CT molecular complexity index is 939. The lowest BCUT2D eigenvalue weighted by Gasteiger charge is -2.10. The second kappa shape index (κ2) is 6.13. The van der Waals surface area contributed by atoms with Crippen LogP contribution in [0.2, 0.25) is 0 Å². The summed E-state index contributed by atoms with van der Waals surface area (Å²) in [5, 5.41) is 19.3. The average molecular weight is 366 g/mol. The number of nitrogens with two attached hydrogens (primary N) is 1. The number of phenolic OH excluding ortho intramolecular Hbond substituents is 1. The number of benzene rings is 1. The third kappa shape index (κ3) is 3.43. The number of aromatic hydroxyl groups is 1. The largest absolute Gasteiger partial charge is 0.507 e. The van der Waals surface area contributed by atoms with Crippen LogP contribution >= 0.6 is 11.3 Å². The molecule has 0 saturated heterocycles. The Kier molecular flexibility index (Phi) is 4.13. The van der Waals surface area contributed by atoms with E-state index >= 15 is 0 Å². The molecule has 2 heterocycles. The van der Waals surface area contributed by atoms with E-state index < -0.39 is 23.4 Å². The van der Waals surface area contributed by atoms with Gasteiger partial charge in [0.25, 0.3) is 5.91 Å². The maximum atomic E-state index is 12.7. The minimum absolute atomic E-state index is 0.110. The summed E-state index contributed by atoms with van der Waals surface area (Å²) in [6.45, 7) is 0. The fourth-order valence-corrected chi connectivity index (χ4v) is 2.81. The van der Waals surface area contributed by atoms with Gasteiger partial charge in [0.1, 0.15) is 22.1 Å². The second-order valence-corrected chi connectivity index (χ2v) is 5.79. The van der Waals surface area contributed by atoms with Gasteiger partial charge < -0.3 is 10.8 Å². The van der Waals surface area contributed by atoms with Crippen molar-refractivity contribution in [1.82, 2.24) is 15.2 Å². The molecule has 3 rings (SSSR count). The molecule has 6 nitrogen and oxygen atoms in total. The van der Waals surface area contributed by atoms with Crippen molar-refractivity contribution in [3.8, 4) is 27.7 Å². The molecule has 0 spiro atoms. The van der Waals surface area contributed by atoms with Gasteiger partial charge in [-0.3, -0.25) is 4.79 Å². The molecule has 10 heteroatoms. The number of thiazole rings is 1. The number of aromatic nitrogens is 3. The highest BCUT2D eigenvalue weighted by molar-refractivity contribution is 7.13. The van der Waals surface area contributed by atoms with E-state index in [0.29, 0.717) is 10.7 Å². The molecular formula is C15H9F3N4O2S. The molecule has 0 aliphatic carbocycles. The first kappa shape index (κ1) is 16.8. The third-order valence-electron chi connectivity index (χ3n) is 3.24. The first-order valence-electron chi connectivity index (χ1n) is 6.75. The van der Waals surface area contributed by atoms with Gasteiger partial charge in [-0.05, 0) is 24.3 Å². The van der Waals surface area contributed by atoms with Gasteiger partial charge in [-0.1, -0.05) is 6.07 Å². The molecule has 0 fully saturated rings. The molecular weight excluding hydrogens is 357 g/mol. The molecule has 128 valence electrons. The van der Waals surface area contributed by atoms with Crippen molar-refractivity contribution in [2.75, 3.05) is 0 Å². The number of amides is 1. The lowest BCUT2D eigenvalue weighted by molar-refractivity contribution is -0.138. The van der Waals surface area contributed by atoms with E-state index in [1.165, 1.54) is 17.5 Å². The number of nitrogens with zero attached hydrogens (tertiary/aromatic N) is 3. The Balaban J connectivity index is 1.89. The van der Waals surface area contributed by atoms with E-state index in [9.17, 15) is 23.1 Å². The summed E-state index contributed by atoms with van der Waals surface area (Å²) in [5.74, 6) is -1.55. The van der Waals surface area contributed by atoms with Crippen LogP contribution in [0.1, 0.15) is 16.1 Å². The van der Waals surface area contributed by atoms with Gasteiger partial charge in [-0.25, -0.2) is 4.98 Å². The number of halogens is 3. The maximum Gasteiger partial charge on any atom is 0.419 e. The summed E-state index contributed by atoms with van der Waals surface area (Å²) in [6.07, 6.45) is -4.64. The van der Waals surface area contributed by atoms with Gasteiger partial charge in [0.05, 0.1) is 11.3 Å². The Morgan fingerprint density at radius 3 is 2.32 bits per heavy atom. The number of hydrogen-bond donors (Lipinski definition) is 2. The molecule has 1 amide bonds. The van der Waals surface area contributed by atoms with E-state index in [4.69, 9.17) is 5.73 Å².